The van der Waals surface area contributed by atoms with Gasteiger partial charge >= 0.3 is 0 Å². The van der Waals surface area contributed by atoms with Gasteiger partial charge in [0.25, 0.3) is 0 Å². The Balaban J connectivity index is 1.99. The number of benzene rings is 1. The molecule has 1 aliphatic heterocycles. The molecule has 0 aliphatic carbocycles. The average Bonchev–Trinajstić information content (AvgIpc) is 2.93. The number of nitrogens with zero attached hydrogens (tertiary/aromatic N) is 1. The van der Waals surface area contributed by atoms with Crippen molar-refractivity contribution in [3.8, 4) is 11.5 Å². The minimum atomic E-state index is -0.403. The van der Waals surface area contributed by atoms with Crippen molar-refractivity contribution in [2.75, 3.05) is 39.3 Å². The van der Waals surface area contributed by atoms with Crippen LogP contribution in [0.15, 0.2) is 18.2 Å². The number of alkyl halides is 1. The van der Waals surface area contributed by atoms with Gasteiger partial charge in [0.15, 0.2) is 0 Å². The Kier molecular flexibility index (Phi) is 5.38. The van der Waals surface area contributed by atoms with Gasteiger partial charge in [0.05, 0.1) is 20.8 Å². The Hall–Kier alpha value is -1.82. The zero-order valence-electron chi connectivity index (χ0n) is 12.4. The van der Waals surface area contributed by atoms with Crippen LogP contribution in [0.2, 0.25) is 0 Å². The number of methoxy groups -OCH3 is 2. The van der Waals surface area contributed by atoms with Crippen LogP contribution in [0, 0.1) is 0 Å². The zero-order chi connectivity index (χ0) is 15.2. The highest BCUT2D eigenvalue weighted by Crippen LogP contribution is 2.26. The Bertz CT molecular complexity index is 474. The molecule has 1 aromatic carbocycles. The third-order valence-electron chi connectivity index (χ3n) is 3.66. The molecule has 1 unspecified atom stereocenters. The van der Waals surface area contributed by atoms with Crippen LogP contribution in [-0.4, -0.2) is 50.8 Å². The number of anilines is 1. The van der Waals surface area contributed by atoms with Gasteiger partial charge in [0.1, 0.15) is 18.2 Å². The Morgan fingerprint density at radius 1 is 1.33 bits per heavy atom. The molecular weight excluding hydrogens is 275 g/mol. The van der Waals surface area contributed by atoms with Crippen molar-refractivity contribution in [2.45, 2.75) is 18.9 Å². The van der Waals surface area contributed by atoms with Crippen molar-refractivity contribution >= 4 is 11.6 Å². The highest BCUT2D eigenvalue weighted by molar-refractivity contribution is 5.92. The summed E-state index contributed by atoms with van der Waals surface area (Å²) in [7, 11) is 3.10. The van der Waals surface area contributed by atoms with Gasteiger partial charge in [-0.15, -0.1) is 0 Å². The molecule has 6 heteroatoms. The molecule has 0 radical (unpaired) electrons. The fraction of sp³-hybridized carbons (Fsp3) is 0.533. The largest absolute Gasteiger partial charge is 0.497 e. The van der Waals surface area contributed by atoms with Crippen LogP contribution < -0.4 is 14.8 Å². The summed E-state index contributed by atoms with van der Waals surface area (Å²) in [6, 6.07) is 5.04. The average molecular weight is 296 g/mol. The van der Waals surface area contributed by atoms with E-state index in [-0.39, 0.29) is 18.5 Å². The number of hydrogen-bond acceptors (Lipinski definition) is 4. The van der Waals surface area contributed by atoms with E-state index in [1.54, 1.807) is 32.4 Å². The lowest BCUT2D eigenvalue weighted by molar-refractivity contribution is -0.117. The number of amides is 1. The second-order valence-electron chi connectivity index (χ2n) is 5.07. The fourth-order valence-electron chi connectivity index (χ4n) is 2.54. The number of rotatable bonds is 6. The van der Waals surface area contributed by atoms with E-state index in [1.807, 2.05) is 4.90 Å². The summed E-state index contributed by atoms with van der Waals surface area (Å²) < 4.78 is 23.1. The number of likely N-dealkylation sites (tertiary alicyclic amines) is 1. The summed E-state index contributed by atoms with van der Waals surface area (Å²) in [6.07, 6.45) is 1.76. The lowest BCUT2D eigenvalue weighted by atomic mass is 10.2. The van der Waals surface area contributed by atoms with E-state index in [9.17, 15) is 9.18 Å². The molecule has 1 N–H and O–H groups in total. The smallest absolute Gasteiger partial charge is 0.238 e. The maximum absolute atomic E-state index is 12.8. The van der Waals surface area contributed by atoms with E-state index in [4.69, 9.17) is 9.47 Å². The first-order valence-electron chi connectivity index (χ1n) is 6.99. The molecule has 1 amide bonds. The Morgan fingerprint density at radius 2 is 2.00 bits per heavy atom. The lowest BCUT2D eigenvalue weighted by Crippen LogP contribution is -2.37. The van der Waals surface area contributed by atoms with Crippen molar-refractivity contribution in [1.82, 2.24) is 4.90 Å². The summed E-state index contributed by atoms with van der Waals surface area (Å²) in [4.78, 5) is 14.0. The standard InChI is InChI=1S/C15H21FN2O3/c1-20-13-6-11(7-14(8-13)21-2)17-15(19)10-18-5-3-4-12(18)9-16/h6-8,12H,3-5,9-10H2,1-2H3,(H,17,19). The first kappa shape index (κ1) is 15.6. The van der Waals surface area contributed by atoms with Gasteiger partial charge in [-0.1, -0.05) is 0 Å². The Morgan fingerprint density at radius 3 is 2.57 bits per heavy atom. The molecule has 1 aromatic rings. The normalized spacial score (nSPS) is 18.5. The van der Waals surface area contributed by atoms with Gasteiger partial charge in [0.2, 0.25) is 5.91 Å². The van der Waals surface area contributed by atoms with Gasteiger partial charge in [-0.2, -0.15) is 0 Å². The van der Waals surface area contributed by atoms with Gasteiger partial charge in [-0.25, -0.2) is 4.39 Å². The molecule has 116 valence electrons. The van der Waals surface area contributed by atoms with Crippen molar-refractivity contribution in [3.63, 3.8) is 0 Å². The lowest BCUT2D eigenvalue weighted by Gasteiger charge is -2.21. The van der Waals surface area contributed by atoms with Gasteiger partial charge in [-0.05, 0) is 19.4 Å². The second kappa shape index (κ2) is 7.26. The van der Waals surface area contributed by atoms with E-state index in [0.29, 0.717) is 17.2 Å². The van der Waals surface area contributed by atoms with Crippen molar-refractivity contribution < 1.29 is 18.7 Å². The molecule has 2 rings (SSSR count). The predicted molar refractivity (Wildman–Crippen MR) is 78.7 cm³/mol. The molecule has 0 aromatic heterocycles. The fourth-order valence-corrected chi connectivity index (χ4v) is 2.54. The zero-order valence-corrected chi connectivity index (χ0v) is 12.4. The molecule has 0 spiro atoms. The van der Waals surface area contributed by atoms with Crippen LogP contribution in [-0.2, 0) is 4.79 Å². The van der Waals surface area contributed by atoms with Crippen molar-refractivity contribution in [2.24, 2.45) is 0 Å². The Labute approximate surface area is 124 Å². The number of carbonyl (C=O) groups excluding carboxylic acids is 1. The van der Waals surface area contributed by atoms with Crippen molar-refractivity contribution in [1.29, 1.82) is 0 Å². The maximum atomic E-state index is 12.8. The molecular formula is C15H21FN2O3. The van der Waals surface area contributed by atoms with E-state index >= 15 is 0 Å². The van der Waals surface area contributed by atoms with Crippen LogP contribution >= 0.6 is 0 Å². The molecule has 1 aliphatic rings. The van der Waals surface area contributed by atoms with Crippen LogP contribution in [0.1, 0.15) is 12.8 Å². The number of nitrogens with one attached hydrogen (secondary N) is 1. The summed E-state index contributed by atoms with van der Waals surface area (Å²) in [5.74, 6) is 1.05. The number of carbonyl (C=O) groups is 1. The summed E-state index contributed by atoms with van der Waals surface area (Å²) in [5.41, 5.74) is 0.604. The van der Waals surface area contributed by atoms with Crippen LogP contribution in [0.3, 0.4) is 0 Å². The third-order valence-corrected chi connectivity index (χ3v) is 3.66. The number of halogens is 1. The minimum absolute atomic E-state index is 0.129. The highest BCUT2D eigenvalue weighted by atomic mass is 19.1. The number of hydrogen-bond donors (Lipinski definition) is 1. The molecule has 1 atom stereocenters. The van der Waals surface area contributed by atoms with Crippen LogP contribution in [0.5, 0.6) is 11.5 Å². The van der Waals surface area contributed by atoms with Crippen LogP contribution in [0.4, 0.5) is 10.1 Å². The van der Waals surface area contributed by atoms with E-state index in [0.717, 1.165) is 19.4 Å². The third kappa shape index (κ3) is 4.07. The predicted octanol–water partition coefficient (Wildman–Crippen LogP) is 2.08. The summed E-state index contributed by atoms with van der Waals surface area (Å²) >= 11 is 0. The molecule has 0 saturated carbocycles. The van der Waals surface area contributed by atoms with E-state index in [2.05, 4.69) is 5.32 Å². The highest BCUT2D eigenvalue weighted by Gasteiger charge is 2.26. The van der Waals surface area contributed by atoms with Gasteiger partial charge in [-0.3, -0.25) is 9.69 Å². The molecule has 21 heavy (non-hydrogen) atoms. The molecule has 0 bridgehead atoms. The molecule has 5 nitrogen and oxygen atoms in total. The first-order chi connectivity index (χ1) is 10.2. The first-order valence-corrected chi connectivity index (χ1v) is 6.99. The topological polar surface area (TPSA) is 50.8 Å². The van der Waals surface area contributed by atoms with E-state index in [1.165, 1.54) is 0 Å². The molecule has 1 saturated heterocycles. The summed E-state index contributed by atoms with van der Waals surface area (Å²) in [6.45, 7) is 0.567. The molecule has 1 fully saturated rings. The quantitative estimate of drug-likeness (QED) is 0.873. The molecule has 1 heterocycles. The second-order valence-corrected chi connectivity index (χ2v) is 5.07. The monoisotopic (exact) mass is 296 g/mol. The van der Waals surface area contributed by atoms with Gasteiger partial charge < -0.3 is 14.8 Å². The van der Waals surface area contributed by atoms with E-state index < -0.39 is 6.67 Å². The van der Waals surface area contributed by atoms with Gasteiger partial charge in [0, 0.05) is 29.9 Å². The minimum Gasteiger partial charge on any atom is -0.497 e. The van der Waals surface area contributed by atoms with Crippen LogP contribution in [0.25, 0.3) is 0 Å². The van der Waals surface area contributed by atoms with Crippen molar-refractivity contribution in [3.05, 3.63) is 18.2 Å². The maximum Gasteiger partial charge on any atom is 0.238 e. The number of ether oxygens (including phenoxy) is 2. The SMILES string of the molecule is COc1cc(NC(=O)CN2CCCC2CF)cc(OC)c1. The summed E-state index contributed by atoms with van der Waals surface area (Å²) in [5, 5.41) is 2.80.